The molecular weight excluding hydrogens is 334 g/mol. The summed E-state index contributed by atoms with van der Waals surface area (Å²) < 4.78 is 6.19. The summed E-state index contributed by atoms with van der Waals surface area (Å²) in [5.74, 6) is 1.01. The highest BCUT2D eigenvalue weighted by atomic mass is 32.1. The monoisotopic (exact) mass is 355 g/mol. The largest absolute Gasteiger partial charge is 0.422 e. The van der Waals surface area contributed by atoms with Gasteiger partial charge >= 0.3 is 5.63 Å². The van der Waals surface area contributed by atoms with Gasteiger partial charge in [0, 0.05) is 11.4 Å². The number of hydrogen-bond donors (Lipinski definition) is 1. The Balaban J connectivity index is 1.70. The topological polar surface area (TPSA) is 59.3 Å². The number of thiophene rings is 1. The third-order valence-corrected chi connectivity index (χ3v) is 6.70. The summed E-state index contributed by atoms with van der Waals surface area (Å²) in [5, 5.41) is 4.54. The third-order valence-electron chi connectivity index (χ3n) is 5.53. The van der Waals surface area contributed by atoms with Crippen LogP contribution < -0.4 is 10.9 Å². The second kappa shape index (κ2) is 6.30. The molecule has 3 unspecified atom stereocenters. The van der Waals surface area contributed by atoms with Gasteiger partial charge in [-0.1, -0.05) is 38.8 Å². The van der Waals surface area contributed by atoms with Crippen molar-refractivity contribution in [3.63, 3.8) is 0 Å². The van der Waals surface area contributed by atoms with Crippen molar-refractivity contribution in [1.29, 1.82) is 0 Å². The van der Waals surface area contributed by atoms with E-state index < -0.39 is 0 Å². The average Bonchev–Trinajstić information content (AvgIpc) is 3.05. The zero-order chi connectivity index (χ0) is 17.6. The van der Waals surface area contributed by atoms with Gasteiger partial charge in [-0.25, -0.2) is 4.79 Å². The number of hydrogen-bond acceptors (Lipinski definition) is 4. The van der Waals surface area contributed by atoms with Crippen LogP contribution in [0.25, 0.3) is 21.1 Å². The predicted molar refractivity (Wildman–Crippen MR) is 101 cm³/mol. The summed E-state index contributed by atoms with van der Waals surface area (Å²) in [5.41, 5.74) is 0.173. The van der Waals surface area contributed by atoms with Gasteiger partial charge in [0.1, 0.15) is 5.58 Å². The lowest BCUT2D eigenvalue weighted by Gasteiger charge is -2.34. The Morgan fingerprint density at radius 1 is 1.20 bits per heavy atom. The molecule has 1 N–H and O–H groups in total. The molecule has 1 aliphatic carbocycles. The molecule has 3 aromatic rings. The predicted octanol–water partition coefficient (Wildman–Crippen LogP) is 4.56. The molecule has 0 aliphatic heterocycles. The molecule has 4 nitrogen and oxygen atoms in total. The number of fused-ring (bicyclic) bond motifs is 3. The Morgan fingerprint density at radius 2 is 2.00 bits per heavy atom. The van der Waals surface area contributed by atoms with Crippen LogP contribution in [0.5, 0.6) is 0 Å². The lowest BCUT2D eigenvalue weighted by Crippen LogP contribution is -2.43. The van der Waals surface area contributed by atoms with Gasteiger partial charge < -0.3 is 9.73 Å². The Hall–Kier alpha value is -2.14. The number of carbonyl (C=O) groups excluding carboxylic acids is 1. The molecule has 0 saturated heterocycles. The number of para-hydroxylation sites is 1. The highest BCUT2D eigenvalue weighted by Gasteiger charge is 2.29. The number of rotatable bonds is 2. The van der Waals surface area contributed by atoms with Gasteiger partial charge in [-0.05, 0) is 36.5 Å². The van der Waals surface area contributed by atoms with Gasteiger partial charge in [-0.15, -0.1) is 11.3 Å². The lowest BCUT2D eigenvalue weighted by molar-refractivity contribution is 0.0895. The Labute approximate surface area is 149 Å². The van der Waals surface area contributed by atoms with E-state index in [2.05, 4.69) is 19.2 Å². The van der Waals surface area contributed by atoms with Crippen LogP contribution in [0.15, 0.2) is 39.5 Å². The number of nitrogens with one attached hydrogen (secondary N) is 1. The highest BCUT2D eigenvalue weighted by molar-refractivity contribution is 7.21. The van der Waals surface area contributed by atoms with Gasteiger partial charge in [0.25, 0.3) is 5.91 Å². The van der Waals surface area contributed by atoms with E-state index >= 15 is 0 Å². The van der Waals surface area contributed by atoms with Crippen LogP contribution in [-0.4, -0.2) is 11.9 Å². The first-order chi connectivity index (χ1) is 12.0. The second-order valence-electron chi connectivity index (χ2n) is 7.09. The van der Waals surface area contributed by atoms with Crippen molar-refractivity contribution in [3.05, 3.63) is 45.6 Å². The van der Waals surface area contributed by atoms with E-state index in [1.807, 2.05) is 18.2 Å². The lowest BCUT2D eigenvalue weighted by atomic mass is 9.78. The molecule has 0 radical (unpaired) electrons. The first-order valence-electron chi connectivity index (χ1n) is 8.81. The number of benzene rings is 1. The maximum Gasteiger partial charge on any atom is 0.345 e. The fourth-order valence-electron chi connectivity index (χ4n) is 3.78. The van der Waals surface area contributed by atoms with Crippen molar-refractivity contribution in [2.75, 3.05) is 0 Å². The molecule has 1 saturated carbocycles. The molecule has 25 heavy (non-hydrogen) atoms. The van der Waals surface area contributed by atoms with Crippen molar-refractivity contribution in [2.45, 2.75) is 39.2 Å². The quantitative estimate of drug-likeness (QED) is 0.686. The molecule has 2 aromatic heterocycles. The standard InChI is InChI=1S/C20H21NO3S/c1-11-6-5-8-15(12(11)2)21-19(22)17-10-14-18(25-17)13-7-3-4-9-16(13)24-20(14)23/h3-4,7,9-12,15H,5-6,8H2,1-2H3,(H,21,22). The summed E-state index contributed by atoms with van der Waals surface area (Å²) in [6.07, 6.45) is 3.40. The van der Waals surface area contributed by atoms with E-state index in [0.29, 0.717) is 27.7 Å². The summed E-state index contributed by atoms with van der Waals surface area (Å²) in [6, 6.07) is 9.32. The molecule has 1 amide bonds. The molecule has 2 heterocycles. The van der Waals surface area contributed by atoms with Crippen molar-refractivity contribution < 1.29 is 9.21 Å². The van der Waals surface area contributed by atoms with Crippen molar-refractivity contribution >= 4 is 38.3 Å². The minimum absolute atomic E-state index is 0.0874. The van der Waals surface area contributed by atoms with E-state index in [0.717, 1.165) is 22.9 Å². The van der Waals surface area contributed by atoms with Gasteiger partial charge in [0.05, 0.1) is 15.0 Å². The third kappa shape index (κ3) is 2.86. The molecule has 3 atom stereocenters. The SMILES string of the molecule is CC1CCCC(NC(=O)c2cc3c(=O)oc4ccccc4c3s2)C1C. The maximum absolute atomic E-state index is 12.7. The molecule has 1 fully saturated rings. The Kier molecular flexibility index (Phi) is 4.12. The fraction of sp³-hybridized carbons (Fsp3) is 0.400. The van der Waals surface area contributed by atoms with Crippen molar-refractivity contribution in [2.24, 2.45) is 11.8 Å². The van der Waals surface area contributed by atoms with Crippen LogP contribution in [0, 0.1) is 11.8 Å². The smallest absolute Gasteiger partial charge is 0.345 e. The molecule has 1 aromatic carbocycles. The first-order valence-corrected chi connectivity index (χ1v) is 9.62. The normalized spacial score (nSPS) is 23.8. The molecule has 1 aliphatic rings. The summed E-state index contributed by atoms with van der Waals surface area (Å²) in [6.45, 7) is 4.46. The van der Waals surface area contributed by atoms with Gasteiger partial charge in [0.15, 0.2) is 0 Å². The van der Waals surface area contributed by atoms with Gasteiger partial charge in [-0.2, -0.15) is 0 Å². The maximum atomic E-state index is 12.7. The van der Waals surface area contributed by atoms with Crippen LogP contribution >= 0.6 is 11.3 Å². The van der Waals surface area contributed by atoms with E-state index in [1.165, 1.54) is 17.8 Å². The fourth-order valence-corrected chi connectivity index (χ4v) is 4.86. The molecule has 130 valence electrons. The van der Waals surface area contributed by atoms with E-state index in [4.69, 9.17) is 4.42 Å². The zero-order valence-electron chi connectivity index (χ0n) is 14.4. The zero-order valence-corrected chi connectivity index (χ0v) is 15.2. The first kappa shape index (κ1) is 16.3. The average molecular weight is 355 g/mol. The van der Waals surface area contributed by atoms with Crippen molar-refractivity contribution in [3.8, 4) is 0 Å². The Morgan fingerprint density at radius 3 is 2.84 bits per heavy atom. The van der Waals surface area contributed by atoms with E-state index in [-0.39, 0.29) is 17.6 Å². The van der Waals surface area contributed by atoms with E-state index in [9.17, 15) is 9.59 Å². The van der Waals surface area contributed by atoms with Gasteiger partial charge in [-0.3, -0.25) is 4.79 Å². The summed E-state index contributed by atoms with van der Waals surface area (Å²) in [4.78, 5) is 25.5. The summed E-state index contributed by atoms with van der Waals surface area (Å²) in [7, 11) is 0. The van der Waals surface area contributed by atoms with Crippen molar-refractivity contribution in [1.82, 2.24) is 5.32 Å². The Bertz CT molecular complexity index is 1000. The van der Waals surface area contributed by atoms with Crippen LogP contribution in [-0.2, 0) is 0 Å². The highest BCUT2D eigenvalue weighted by Crippen LogP contribution is 2.32. The van der Waals surface area contributed by atoms with Gasteiger partial charge in [0.2, 0.25) is 0 Å². The van der Waals surface area contributed by atoms with E-state index in [1.54, 1.807) is 12.1 Å². The molecule has 5 heteroatoms. The second-order valence-corrected chi connectivity index (χ2v) is 8.14. The molecule has 4 rings (SSSR count). The minimum Gasteiger partial charge on any atom is -0.422 e. The number of amides is 1. The molecular formula is C20H21NO3S. The van der Waals surface area contributed by atoms with Crippen LogP contribution in [0.4, 0.5) is 0 Å². The molecule has 0 spiro atoms. The number of carbonyl (C=O) groups is 1. The minimum atomic E-state index is -0.386. The summed E-state index contributed by atoms with van der Waals surface area (Å²) >= 11 is 1.37. The van der Waals surface area contributed by atoms with Crippen LogP contribution in [0.2, 0.25) is 0 Å². The molecule has 0 bridgehead atoms. The van der Waals surface area contributed by atoms with Crippen LogP contribution in [0.1, 0.15) is 42.8 Å². The van der Waals surface area contributed by atoms with Crippen LogP contribution in [0.3, 0.4) is 0 Å².